The molecule has 0 aromatic carbocycles. The van der Waals surface area contributed by atoms with Crippen molar-refractivity contribution in [2.75, 3.05) is 5.75 Å². The minimum absolute atomic E-state index is 0.801. The normalized spacial score (nSPS) is 9.45. The third-order valence-corrected chi connectivity index (χ3v) is 3.75. The molecule has 0 amide bonds. The topological polar surface area (TPSA) is 0 Å². The first-order valence-corrected chi connectivity index (χ1v) is 5.85. The van der Waals surface area contributed by atoms with Gasteiger partial charge in [-0.3, -0.25) is 0 Å². The summed E-state index contributed by atoms with van der Waals surface area (Å²) in [4.78, 5) is 1.37. The zero-order valence-corrected chi connectivity index (χ0v) is 9.06. The van der Waals surface area contributed by atoms with Gasteiger partial charge in [-0.2, -0.15) is 0 Å². The average molecular weight is 247 g/mol. The van der Waals surface area contributed by atoms with E-state index in [0.29, 0.717) is 0 Å². The van der Waals surface area contributed by atoms with Gasteiger partial charge in [-0.1, -0.05) is 5.92 Å². The molecule has 0 fully saturated rings. The van der Waals surface area contributed by atoms with Crippen LogP contribution in [0.2, 0.25) is 0 Å². The maximum absolute atomic E-state index is 5.12. The van der Waals surface area contributed by atoms with Crippen molar-refractivity contribution < 1.29 is 0 Å². The molecule has 0 aliphatic rings. The fourth-order valence-corrected chi connectivity index (χ4v) is 2.92. The van der Waals surface area contributed by atoms with E-state index in [1.54, 1.807) is 23.1 Å². The number of hydrogen-bond acceptors (Lipinski definition) is 2. The van der Waals surface area contributed by atoms with Gasteiger partial charge in [0.1, 0.15) is 0 Å². The van der Waals surface area contributed by atoms with Crippen LogP contribution in [0.1, 0.15) is 4.88 Å². The fourth-order valence-electron chi connectivity index (χ4n) is 0.640. The Kier molecular flexibility index (Phi) is 4.06. The van der Waals surface area contributed by atoms with E-state index < -0.39 is 0 Å². The van der Waals surface area contributed by atoms with Gasteiger partial charge in [0.05, 0.1) is 9.54 Å². The molecule has 3 heteroatoms. The monoisotopic (exact) mass is 246 g/mol. The predicted octanol–water partition coefficient (Wildman–Crippen LogP) is 3.38. The maximum atomic E-state index is 5.12. The summed E-state index contributed by atoms with van der Waals surface area (Å²) in [5, 5.41) is 0. The first kappa shape index (κ1) is 9.18. The molecule has 0 aliphatic carbocycles. The van der Waals surface area contributed by atoms with Gasteiger partial charge in [0.25, 0.3) is 0 Å². The third-order valence-electron chi connectivity index (χ3n) is 1.06. The van der Waals surface area contributed by atoms with E-state index in [2.05, 4.69) is 34.0 Å². The van der Waals surface area contributed by atoms with Crippen LogP contribution in [-0.4, -0.2) is 5.75 Å². The van der Waals surface area contributed by atoms with Crippen molar-refractivity contribution in [1.82, 2.24) is 0 Å². The van der Waals surface area contributed by atoms with E-state index in [0.717, 1.165) is 11.5 Å². The van der Waals surface area contributed by atoms with Crippen LogP contribution in [0.5, 0.6) is 0 Å². The molecule has 0 unspecified atom stereocenters. The molecule has 0 radical (unpaired) electrons. The highest BCUT2D eigenvalue weighted by molar-refractivity contribution is 9.11. The van der Waals surface area contributed by atoms with Gasteiger partial charge < -0.3 is 0 Å². The molecule has 1 aromatic heterocycles. The zero-order chi connectivity index (χ0) is 8.10. The molecule has 1 rings (SSSR count). The predicted molar refractivity (Wildman–Crippen MR) is 57.0 cm³/mol. The lowest BCUT2D eigenvalue weighted by molar-refractivity contribution is 1.54. The second-order valence-electron chi connectivity index (χ2n) is 1.90. The Balaban J connectivity index is 2.34. The summed E-state index contributed by atoms with van der Waals surface area (Å²) in [5.74, 6) is 4.43. The first-order valence-electron chi connectivity index (χ1n) is 3.08. The molecule has 11 heavy (non-hydrogen) atoms. The van der Waals surface area contributed by atoms with Crippen molar-refractivity contribution in [3.63, 3.8) is 0 Å². The summed E-state index contributed by atoms with van der Waals surface area (Å²) in [5.41, 5.74) is 0. The van der Waals surface area contributed by atoms with E-state index >= 15 is 0 Å². The smallest absolute Gasteiger partial charge is 0.0701 e. The lowest BCUT2D eigenvalue weighted by atomic mass is 10.5. The quantitative estimate of drug-likeness (QED) is 0.583. The molecule has 1 heterocycles. The summed E-state index contributed by atoms with van der Waals surface area (Å²) >= 11 is 6.95. The van der Waals surface area contributed by atoms with Crippen LogP contribution in [-0.2, 0) is 5.75 Å². The van der Waals surface area contributed by atoms with E-state index in [1.165, 1.54) is 8.66 Å². The Labute approximate surface area is 83.5 Å². The van der Waals surface area contributed by atoms with Crippen molar-refractivity contribution in [3.05, 3.63) is 20.8 Å². The van der Waals surface area contributed by atoms with E-state index in [9.17, 15) is 0 Å². The lowest BCUT2D eigenvalue weighted by Crippen LogP contribution is -1.73. The van der Waals surface area contributed by atoms with Gasteiger partial charge >= 0.3 is 0 Å². The SMILES string of the molecule is C#CCSCc1ccc(Br)s1. The summed E-state index contributed by atoms with van der Waals surface area (Å²) in [6.45, 7) is 0. The second-order valence-corrected chi connectivity index (χ2v) is 5.44. The van der Waals surface area contributed by atoms with Crippen molar-refractivity contribution in [1.29, 1.82) is 0 Å². The highest BCUT2D eigenvalue weighted by Crippen LogP contribution is 2.25. The van der Waals surface area contributed by atoms with Gasteiger partial charge in [-0.15, -0.1) is 29.5 Å². The molecule has 58 valence electrons. The molecular weight excluding hydrogens is 240 g/mol. The molecule has 0 bridgehead atoms. The number of hydrogen-bond donors (Lipinski definition) is 0. The Morgan fingerprint density at radius 1 is 1.64 bits per heavy atom. The van der Waals surface area contributed by atoms with Crippen molar-refractivity contribution in [2.24, 2.45) is 0 Å². The lowest BCUT2D eigenvalue weighted by Gasteiger charge is -1.90. The highest BCUT2D eigenvalue weighted by Gasteiger charge is 1.95. The van der Waals surface area contributed by atoms with Crippen molar-refractivity contribution >= 4 is 39.0 Å². The van der Waals surface area contributed by atoms with Crippen LogP contribution in [0, 0.1) is 12.3 Å². The minimum Gasteiger partial charge on any atom is -0.143 e. The Bertz CT molecular complexity index is 259. The summed E-state index contributed by atoms with van der Waals surface area (Å²) < 4.78 is 1.19. The largest absolute Gasteiger partial charge is 0.143 e. The second kappa shape index (κ2) is 4.87. The van der Waals surface area contributed by atoms with Crippen LogP contribution in [0.4, 0.5) is 0 Å². The van der Waals surface area contributed by atoms with Gasteiger partial charge in [-0.25, -0.2) is 0 Å². The van der Waals surface area contributed by atoms with Gasteiger partial charge in [0.15, 0.2) is 0 Å². The van der Waals surface area contributed by atoms with Gasteiger partial charge in [0.2, 0.25) is 0 Å². The summed E-state index contributed by atoms with van der Waals surface area (Å²) in [6.07, 6.45) is 5.12. The Hall–Kier alpha value is 0.0900. The van der Waals surface area contributed by atoms with Crippen LogP contribution in [0.15, 0.2) is 15.9 Å². The highest BCUT2D eigenvalue weighted by atomic mass is 79.9. The molecule has 0 saturated carbocycles. The van der Waals surface area contributed by atoms with E-state index in [1.807, 2.05) is 0 Å². The number of halogens is 1. The molecule has 1 aromatic rings. The molecule has 0 atom stereocenters. The summed E-state index contributed by atoms with van der Waals surface area (Å²) in [7, 11) is 0. The molecule has 0 spiro atoms. The van der Waals surface area contributed by atoms with Crippen molar-refractivity contribution in [3.8, 4) is 12.3 Å². The Morgan fingerprint density at radius 3 is 3.00 bits per heavy atom. The van der Waals surface area contributed by atoms with Gasteiger partial charge in [0, 0.05) is 10.6 Å². The van der Waals surface area contributed by atoms with Crippen LogP contribution >= 0.6 is 39.0 Å². The number of rotatable bonds is 3. The van der Waals surface area contributed by atoms with Crippen LogP contribution in [0.3, 0.4) is 0 Å². The molecule has 0 N–H and O–H groups in total. The maximum Gasteiger partial charge on any atom is 0.0701 e. The standard InChI is InChI=1S/C8H7BrS2/c1-2-5-10-6-7-3-4-8(9)11-7/h1,3-4H,5-6H2. The van der Waals surface area contributed by atoms with Crippen molar-refractivity contribution in [2.45, 2.75) is 5.75 Å². The van der Waals surface area contributed by atoms with E-state index in [4.69, 9.17) is 6.42 Å². The molecule has 0 aliphatic heterocycles. The minimum atomic E-state index is 0.801. The first-order chi connectivity index (χ1) is 5.33. The fraction of sp³-hybridized carbons (Fsp3) is 0.250. The van der Waals surface area contributed by atoms with Gasteiger partial charge in [-0.05, 0) is 28.1 Å². The third kappa shape index (κ3) is 3.33. The van der Waals surface area contributed by atoms with Crippen LogP contribution in [0.25, 0.3) is 0 Å². The summed E-state index contributed by atoms with van der Waals surface area (Å²) in [6, 6.07) is 4.19. The molecule has 0 nitrogen and oxygen atoms in total. The number of thiophene rings is 1. The zero-order valence-electron chi connectivity index (χ0n) is 5.84. The Morgan fingerprint density at radius 2 is 2.45 bits per heavy atom. The molecule has 0 saturated heterocycles. The van der Waals surface area contributed by atoms with E-state index in [-0.39, 0.29) is 0 Å². The number of thioether (sulfide) groups is 1. The molecular formula is C8H7BrS2. The van der Waals surface area contributed by atoms with Crippen LogP contribution < -0.4 is 0 Å². The number of terminal acetylenes is 1. The average Bonchev–Trinajstić information content (AvgIpc) is 2.37.